The normalized spacial score (nSPS) is 12.3. The predicted octanol–water partition coefficient (Wildman–Crippen LogP) is 3.82. The van der Waals surface area contributed by atoms with E-state index in [0.717, 1.165) is 12.0 Å². The number of benzene rings is 1. The van der Waals surface area contributed by atoms with Crippen molar-refractivity contribution in [1.82, 2.24) is 0 Å². The first-order valence-corrected chi connectivity index (χ1v) is 6.30. The molecule has 1 rings (SSSR count). The summed E-state index contributed by atoms with van der Waals surface area (Å²) in [7, 11) is 0. The van der Waals surface area contributed by atoms with Crippen molar-refractivity contribution in [3.05, 3.63) is 35.4 Å². The van der Waals surface area contributed by atoms with Gasteiger partial charge in [-0.25, -0.2) is 4.79 Å². The molecule has 1 unspecified atom stereocenters. The minimum Gasteiger partial charge on any atom is -0.478 e. The molecule has 0 radical (unpaired) electrons. The number of hydrogen-bond donors (Lipinski definition) is 2. The highest BCUT2D eigenvalue weighted by molar-refractivity contribution is 6.23. The predicted molar refractivity (Wildman–Crippen MR) is 76.2 cm³/mol. The molecule has 0 heterocycles. The third kappa shape index (κ3) is 8.09. The van der Waals surface area contributed by atoms with Gasteiger partial charge in [0, 0.05) is 10.9 Å². The Morgan fingerprint density at radius 3 is 2.00 bits per heavy atom. The fourth-order valence-corrected chi connectivity index (χ4v) is 1.11. The summed E-state index contributed by atoms with van der Waals surface area (Å²) in [6, 6.07) is 6.68. The molecule has 0 fully saturated rings. The van der Waals surface area contributed by atoms with Gasteiger partial charge < -0.3 is 10.8 Å². The van der Waals surface area contributed by atoms with Gasteiger partial charge in [-0.15, -0.1) is 11.6 Å². The van der Waals surface area contributed by atoms with Crippen molar-refractivity contribution in [2.75, 3.05) is 0 Å². The zero-order valence-electron chi connectivity index (χ0n) is 11.4. The van der Waals surface area contributed by atoms with Crippen LogP contribution < -0.4 is 5.73 Å². The maximum absolute atomic E-state index is 10.5. The van der Waals surface area contributed by atoms with Crippen molar-refractivity contribution in [3.63, 3.8) is 0 Å². The first-order valence-electron chi connectivity index (χ1n) is 5.93. The maximum atomic E-state index is 10.5. The molecule has 1 atom stereocenters. The lowest BCUT2D eigenvalue weighted by Gasteiger charge is -2.08. The highest BCUT2D eigenvalue weighted by Crippen LogP contribution is 2.14. The molecule has 102 valence electrons. The Hall–Kier alpha value is -1.06. The van der Waals surface area contributed by atoms with E-state index >= 15 is 0 Å². The van der Waals surface area contributed by atoms with Crippen molar-refractivity contribution in [2.24, 2.45) is 5.73 Å². The molecule has 0 bridgehead atoms. The van der Waals surface area contributed by atoms with Crippen LogP contribution in [0.2, 0.25) is 0 Å². The van der Waals surface area contributed by atoms with E-state index in [4.69, 9.17) is 22.4 Å². The third-order valence-electron chi connectivity index (χ3n) is 2.03. The number of nitrogens with two attached hydrogens (primary N) is 1. The standard InChI is InChI=1S/C10H13NO2.C4H9Cl/c1-2-9(11)7-3-5-8(6-4-7)10(12)13;1-4(2,3)5/h3-6,9H,2,11H2,1H3,(H,12,13);1-3H3. The Bertz CT molecular complexity index is 362. The van der Waals surface area contributed by atoms with Crippen molar-refractivity contribution in [1.29, 1.82) is 0 Å². The lowest BCUT2D eigenvalue weighted by molar-refractivity contribution is 0.0697. The van der Waals surface area contributed by atoms with Gasteiger partial charge >= 0.3 is 5.97 Å². The van der Waals surface area contributed by atoms with Crippen LogP contribution in [0.3, 0.4) is 0 Å². The van der Waals surface area contributed by atoms with Crippen LogP contribution in [0.25, 0.3) is 0 Å². The van der Waals surface area contributed by atoms with Crippen molar-refractivity contribution >= 4 is 17.6 Å². The minimum absolute atomic E-state index is 0.00263. The molecule has 0 amide bonds. The summed E-state index contributed by atoms with van der Waals surface area (Å²) in [6.07, 6.45) is 0.854. The number of alkyl halides is 1. The highest BCUT2D eigenvalue weighted by atomic mass is 35.5. The highest BCUT2D eigenvalue weighted by Gasteiger charge is 2.05. The number of carboxylic acid groups (broad SMARTS) is 1. The first kappa shape index (κ1) is 16.9. The summed E-state index contributed by atoms with van der Waals surface area (Å²) in [5, 5.41) is 8.64. The zero-order valence-corrected chi connectivity index (χ0v) is 12.2. The molecule has 0 aliphatic carbocycles. The third-order valence-corrected chi connectivity index (χ3v) is 2.03. The van der Waals surface area contributed by atoms with Gasteiger partial charge in [-0.05, 0) is 44.9 Å². The van der Waals surface area contributed by atoms with Gasteiger partial charge in [0.2, 0.25) is 0 Å². The molecule has 1 aromatic carbocycles. The lowest BCUT2D eigenvalue weighted by Crippen LogP contribution is -2.08. The Labute approximate surface area is 114 Å². The van der Waals surface area contributed by atoms with Crippen molar-refractivity contribution < 1.29 is 9.90 Å². The number of rotatable bonds is 3. The topological polar surface area (TPSA) is 63.3 Å². The van der Waals surface area contributed by atoms with Crippen molar-refractivity contribution in [3.8, 4) is 0 Å². The molecule has 0 spiro atoms. The SMILES string of the molecule is CC(C)(C)Cl.CCC(N)c1ccc(C(=O)O)cc1. The van der Waals surface area contributed by atoms with Crippen LogP contribution in [0.4, 0.5) is 0 Å². The molecule has 0 saturated heterocycles. The average Bonchev–Trinajstić information content (AvgIpc) is 2.26. The summed E-state index contributed by atoms with van der Waals surface area (Å²) >= 11 is 5.53. The monoisotopic (exact) mass is 271 g/mol. The molecular weight excluding hydrogens is 250 g/mol. The van der Waals surface area contributed by atoms with Crippen LogP contribution in [0.1, 0.15) is 56.1 Å². The molecule has 3 N–H and O–H groups in total. The Kier molecular flexibility index (Phi) is 6.96. The summed E-state index contributed by atoms with van der Waals surface area (Å²) in [5.41, 5.74) is 7.05. The first-order chi connectivity index (χ1) is 8.15. The summed E-state index contributed by atoms with van der Waals surface area (Å²) in [5.74, 6) is -0.906. The number of carbonyl (C=O) groups is 1. The summed E-state index contributed by atoms with van der Waals surface area (Å²) < 4.78 is 0. The number of carboxylic acids is 1. The minimum atomic E-state index is -0.906. The lowest BCUT2D eigenvalue weighted by atomic mass is 10.0. The van der Waals surface area contributed by atoms with E-state index in [-0.39, 0.29) is 10.9 Å². The van der Waals surface area contributed by atoms with E-state index in [0.29, 0.717) is 5.56 Å². The molecule has 0 aromatic heterocycles. The van der Waals surface area contributed by atoms with E-state index in [2.05, 4.69) is 0 Å². The molecule has 18 heavy (non-hydrogen) atoms. The van der Waals surface area contributed by atoms with Gasteiger partial charge in [0.25, 0.3) is 0 Å². The quantitative estimate of drug-likeness (QED) is 0.822. The van der Waals surface area contributed by atoms with Crippen LogP contribution in [-0.2, 0) is 0 Å². The molecule has 0 saturated carbocycles. The maximum Gasteiger partial charge on any atom is 0.335 e. The average molecular weight is 272 g/mol. The van der Waals surface area contributed by atoms with Gasteiger partial charge in [0.1, 0.15) is 0 Å². The molecule has 0 aliphatic rings. The fourth-order valence-electron chi connectivity index (χ4n) is 1.11. The van der Waals surface area contributed by atoms with Crippen LogP contribution in [0.15, 0.2) is 24.3 Å². The van der Waals surface area contributed by atoms with Crippen LogP contribution >= 0.6 is 11.6 Å². The molecule has 1 aromatic rings. The van der Waals surface area contributed by atoms with E-state index in [1.54, 1.807) is 24.3 Å². The second-order valence-corrected chi connectivity index (χ2v) is 6.14. The van der Waals surface area contributed by atoms with Crippen molar-refractivity contribution in [2.45, 2.75) is 45.0 Å². The van der Waals surface area contributed by atoms with Crippen LogP contribution in [-0.4, -0.2) is 16.0 Å². The second kappa shape index (κ2) is 7.39. The molecular formula is C14H22ClNO2. The molecule has 3 nitrogen and oxygen atoms in total. The van der Waals surface area contributed by atoms with E-state index in [1.165, 1.54) is 0 Å². The van der Waals surface area contributed by atoms with Gasteiger partial charge in [-0.1, -0.05) is 19.1 Å². The summed E-state index contributed by atoms with van der Waals surface area (Å²) in [6.45, 7) is 7.85. The number of hydrogen-bond acceptors (Lipinski definition) is 2. The Balaban J connectivity index is 0.000000494. The molecule has 4 heteroatoms. The van der Waals surface area contributed by atoms with E-state index < -0.39 is 5.97 Å². The Morgan fingerprint density at radius 1 is 1.33 bits per heavy atom. The number of halogens is 1. The fraction of sp³-hybridized carbons (Fsp3) is 0.500. The Morgan fingerprint density at radius 2 is 1.72 bits per heavy atom. The number of aromatic carboxylic acids is 1. The molecule has 0 aliphatic heterocycles. The van der Waals surface area contributed by atoms with Gasteiger partial charge in [-0.3, -0.25) is 0 Å². The smallest absolute Gasteiger partial charge is 0.335 e. The van der Waals surface area contributed by atoms with E-state index in [9.17, 15) is 4.79 Å². The van der Waals surface area contributed by atoms with E-state index in [1.807, 2.05) is 27.7 Å². The van der Waals surface area contributed by atoms with Gasteiger partial charge in [-0.2, -0.15) is 0 Å². The van der Waals surface area contributed by atoms with Crippen LogP contribution in [0, 0.1) is 0 Å². The van der Waals surface area contributed by atoms with Crippen LogP contribution in [0.5, 0.6) is 0 Å². The largest absolute Gasteiger partial charge is 0.478 e. The summed E-state index contributed by atoms with van der Waals surface area (Å²) in [4.78, 5) is 10.5. The second-order valence-electron chi connectivity index (χ2n) is 5.01. The van der Waals surface area contributed by atoms with Gasteiger partial charge in [0.15, 0.2) is 0 Å². The van der Waals surface area contributed by atoms with Gasteiger partial charge in [0.05, 0.1) is 5.56 Å². The zero-order chi connectivity index (χ0) is 14.3.